The number of benzene rings is 2. The number of hydrazine groups is 1. The van der Waals surface area contributed by atoms with E-state index in [9.17, 15) is 9.59 Å². The van der Waals surface area contributed by atoms with Crippen molar-refractivity contribution < 1.29 is 9.59 Å². The predicted molar refractivity (Wildman–Crippen MR) is 119 cm³/mol. The van der Waals surface area contributed by atoms with Crippen molar-refractivity contribution >= 4 is 34.8 Å². The van der Waals surface area contributed by atoms with Crippen molar-refractivity contribution in [3.8, 4) is 10.6 Å². The van der Waals surface area contributed by atoms with Gasteiger partial charge in [0, 0.05) is 29.2 Å². The molecular formula is C22H18N6O2S. The van der Waals surface area contributed by atoms with E-state index >= 15 is 0 Å². The lowest BCUT2D eigenvalue weighted by molar-refractivity contribution is 0.0848. The summed E-state index contributed by atoms with van der Waals surface area (Å²) >= 11 is 1.27. The van der Waals surface area contributed by atoms with Gasteiger partial charge in [-0.25, -0.2) is 15.0 Å². The molecule has 0 atom stereocenters. The number of hydrogen-bond acceptors (Lipinski definition) is 7. The van der Waals surface area contributed by atoms with E-state index in [0.29, 0.717) is 27.8 Å². The molecule has 4 rings (SSSR count). The molecule has 3 N–H and O–H groups in total. The van der Waals surface area contributed by atoms with Gasteiger partial charge in [0.15, 0.2) is 0 Å². The van der Waals surface area contributed by atoms with Crippen LogP contribution in [0, 0.1) is 6.92 Å². The van der Waals surface area contributed by atoms with E-state index < -0.39 is 11.8 Å². The van der Waals surface area contributed by atoms with E-state index in [1.54, 1.807) is 49.6 Å². The average molecular weight is 430 g/mol. The van der Waals surface area contributed by atoms with Crippen LogP contribution in [-0.2, 0) is 0 Å². The number of rotatable bonds is 5. The van der Waals surface area contributed by atoms with Crippen molar-refractivity contribution in [3.63, 3.8) is 0 Å². The summed E-state index contributed by atoms with van der Waals surface area (Å²) < 4.78 is 0. The van der Waals surface area contributed by atoms with Crippen LogP contribution in [0.4, 0.5) is 11.6 Å². The summed E-state index contributed by atoms with van der Waals surface area (Å²) in [4.78, 5) is 38.2. The second-order valence-electron chi connectivity index (χ2n) is 6.49. The van der Waals surface area contributed by atoms with Crippen molar-refractivity contribution in [1.82, 2.24) is 25.8 Å². The summed E-state index contributed by atoms with van der Waals surface area (Å²) in [5.41, 5.74) is 7.46. The molecule has 0 saturated carbocycles. The molecule has 0 aliphatic rings. The molecule has 0 radical (unpaired) electrons. The third kappa shape index (κ3) is 4.90. The number of aryl methyl sites for hydroxylation is 1. The topological polar surface area (TPSA) is 109 Å². The van der Waals surface area contributed by atoms with Gasteiger partial charge in [-0.15, -0.1) is 11.3 Å². The molecule has 0 aliphatic carbocycles. The lowest BCUT2D eigenvalue weighted by Crippen LogP contribution is -2.41. The first-order valence-electron chi connectivity index (χ1n) is 9.38. The Kier molecular flexibility index (Phi) is 5.95. The number of aromatic nitrogens is 3. The van der Waals surface area contributed by atoms with Crippen LogP contribution in [0.2, 0.25) is 0 Å². The van der Waals surface area contributed by atoms with Gasteiger partial charge in [-0.1, -0.05) is 36.4 Å². The fourth-order valence-corrected chi connectivity index (χ4v) is 3.75. The van der Waals surface area contributed by atoms with Crippen molar-refractivity contribution in [3.05, 3.63) is 89.2 Å². The van der Waals surface area contributed by atoms with E-state index in [4.69, 9.17) is 0 Å². The summed E-state index contributed by atoms with van der Waals surface area (Å²) in [6.45, 7) is 1.76. The predicted octanol–water partition coefficient (Wildman–Crippen LogP) is 3.73. The van der Waals surface area contributed by atoms with Crippen LogP contribution in [0.3, 0.4) is 0 Å². The Bertz CT molecular complexity index is 1210. The summed E-state index contributed by atoms with van der Waals surface area (Å²) in [7, 11) is 0. The van der Waals surface area contributed by atoms with Gasteiger partial charge in [-0.3, -0.25) is 20.4 Å². The zero-order valence-electron chi connectivity index (χ0n) is 16.5. The second-order valence-corrected chi connectivity index (χ2v) is 7.49. The van der Waals surface area contributed by atoms with Crippen molar-refractivity contribution in [2.75, 3.05) is 5.32 Å². The van der Waals surface area contributed by atoms with Gasteiger partial charge in [0.2, 0.25) is 5.95 Å². The molecule has 2 aromatic heterocycles. The van der Waals surface area contributed by atoms with Gasteiger partial charge in [-0.2, -0.15) is 0 Å². The van der Waals surface area contributed by atoms with E-state index in [2.05, 4.69) is 31.1 Å². The number of thiazole rings is 1. The van der Waals surface area contributed by atoms with E-state index in [0.717, 1.165) is 10.6 Å². The van der Waals surface area contributed by atoms with Crippen LogP contribution in [0.25, 0.3) is 10.6 Å². The van der Waals surface area contributed by atoms with Crippen molar-refractivity contribution in [2.24, 2.45) is 0 Å². The minimum absolute atomic E-state index is 0.368. The summed E-state index contributed by atoms with van der Waals surface area (Å²) in [5, 5.41) is 3.77. The second kappa shape index (κ2) is 9.14. The largest absolute Gasteiger partial charge is 0.324 e. The van der Waals surface area contributed by atoms with Crippen LogP contribution in [0.15, 0.2) is 73.1 Å². The number of hydrogen-bond donors (Lipinski definition) is 3. The molecule has 154 valence electrons. The normalized spacial score (nSPS) is 10.4. The monoisotopic (exact) mass is 430 g/mol. The maximum Gasteiger partial charge on any atom is 0.281 e. The summed E-state index contributed by atoms with van der Waals surface area (Å²) in [6.07, 6.45) is 3.23. The first-order valence-corrected chi connectivity index (χ1v) is 10.2. The maximum atomic E-state index is 12.6. The molecule has 0 aliphatic heterocycles. The molecule has 0 saturated heterocycles. The Balaban J connectivity index is 1.40. The minimum Gasteiger partial charge on any atom is -0.324 e. The van der Waals surface area contributed by atoms with Gasteiger partial charge in [0.1, 0.15) is 9.88 Å². The summed E-state index contributed by atoms with van der Waals surface area (Å²) in [5.74, 6) is -0.447. The van der Waals surface area contributed by atoms with E-state index in [-0.39, 0.29) is 0 Å². The zero-order chi connectivity index (χ0) is 21.6. The van der Waals surface area contributed by atoms with Crippen LogP contribution >= 0.6 is 11.3 Å². The average Bonchev–Trinajstić information content (AvgIpc) is 3.20. The Morgan fingerprint density at radius 1 is 0.871 bits per heavy atom. The minimum atomic E-state index is -0.448. The van der Waals surface area contributed by atoms with Crippen molar-refractivity contribution in [2.45, 2.75) is 6.92 Å². The molecule has 0 spiro atoms. The molecule has 31 heavy (non-hydrogen) atoms. The standard InChI is InChI=1S/C22H18N6O2S/c1-14-18(31-21(25-14)15-7-3-2-4-8-15)20(30)28-27-19(29)16-9-5-10-17(13-16)26-22-23-11-6-12-24-22/h2-13H,1H3,(H,27,29)(H,28,30)(H,23,24,26). The number of nitrogens with one attached hydrogen (secondary N) is 3. The fourth-order valence-electron chi connectivity index (χ4n) is 2.78. The van der Waals surface area contributed by atoms with Gasteiger partial charge < -0.3 is 5.32 Å². The van der Waals surface area contributed by atoms with Gasteiger partial charge in [0.05, 0.1) is 5.69 Å². The van der Waals surface area contributed by atoms with Crippen LogP contribution in [0.5, 0.6) is 0 Å². The highest BCUT2D eigenvalue weighted by Gasteiger charge is 2.17. The molecule has 0 fully saturated rings. The maximum absolute atomic E-state index is 12.6. The fraction of sp³-hybridized carbons (Fsp3) is 0.0455. The number of nitrogens with zero attached hydrogens (tertiary/aromatic N) is 3. The van der Waals surface area contributed by atoms with E-state index in [1.807, 2.05) is 30.3 Å². The Morgan fingerprint density at radius 3 is 2.39 bits per heavy atom. The van der Waals surface area contributed by atoms with Crippen LogP contribution in [-0.4, -0.2) is 26.8 Å². The molecular weight excluding hydrogens is 412 g/mol. The zero-order valence-corrected chi connectivity index (χ0v) is 17.3. The summed E-state index contributed by atoms with van der Waals surface area (Å²) in [6, 6.07) is 18.1. The molecule has 4 aromatic rings. The molecule has 0 bridgehead atoms. The van der Waals surface area contributed by atoms with Gasteiger partial charge in [0.25, 0.3) is 11.8 Å². The highest BCUT2D eigenvalue weighted by Crippen LogP contribution is 2.27. The number of anilines is 2. The molecule has 9 heteroatoms. The first-order chi connectivity index (χ1) is 15.1. The molecule has 2 heterocycles. The highest BCUT2D eigenvalue weighted by atomic mass is 32.1. The Labute approximate surface area is 182 Å². The molecule has 0 unspecified atom stereocenters. The van der Waals surface area contributed by atoms with Gasteiger partial charge in [-0.05, 0) is 31.2 Å². The lowest BCUT2D eigenvalue weighted by atomic mass is 10.2. The molecule has 8 nitrogen and oxygen atoms in total. The quantitative estimate of drug-likeness (QED) is 0.416. The van der Waals surface area contributed by atoms with Crippen LogP contribution in [0.1, 0.15) is 25.7 Å². The third-order valence-electron chi connectivity index (χ3n) is 4.26. The number of carbonyl (C=O) groups is 2. The Morgan fingerprint density at radius 2 is 1.61 bits per heavy atom. The highest BCUT2D eigenvalue weighted by molar-refractivity contribution is 7.17. The smallest absolute Gasteiger partial charge is 0.281 e. The van der Waals surface area contributed by atoms with Crippen molar-refractivity contribution in [1.29, 1.82) is 0 Å². The number of amides is 2. The first kappa shape index (κ1) is 20.2. The SMILES string of the molecule is Cc1nc(-c2ccccc2)sc1C(=O)NNC(=O)c1cccc(Nc2ncccn2)c1. The van der Waals surface area contributed by atoms with Gasteiger partial charge >= 0.3 is 0 Å². The van der Waals surface area contributed by atoms with E-state index in [1.165, 1.54) is 11.3 Å². The molecule has 2 aromatic carbocycles. The number of carbonyl (C=O) groups excluding carboxylic acids is 2. The lowest BCUT2D eigenvalue weighted by Gasteiger charge is -2.09. The Hall–Kier alpha value is -4.11. The third-order valence-corrected chi connectivity index (χ3v) is 5.47. The van der Waals surface area contributed by atoms with Crippen LogP contribution < -0.4 is 16.2 Å². The molecule has 2 amide bonds.